The van der Waals surface area contributed by atoms with Crippen LogP contribution in [0.15, 0.2) is 78.9 Å². The molecule has 1 unspecified atom stereocenters. The molecule has 2 amide bonds. The number of hydrogen-bond donors (Lipinski definition) is 1. The van der Waals surface area contributed by atoms with Crippen molar-refractivity contribution in [3.63, 3.8) is 0 Å². The highest BCUT2D eigenvalue weighted by Crippen LogP contribution is 2.25. The van der Waals surface area contributed by atoms with Gasteiger partial charge in [-0.3, -0.25) is 13.9 Å². The van der Waals surface area contributed by atoms with Crippen LogP contribution in [-0.4, -0.2) is 49.5 Å². The van der Waals surface area contributed by atoms with E-state index in [1.807, 2.05) is 113 Å². The molecular formula is C33H43N3O4S. The zero-order chi connectivity index (χ0) is 30.2. The molecule has 0 bridgehead atoms. The predicted molar refractivity (Wildman–Crippen MR) is 166 cm³/mol. The summed E-state index contributed by atoms with van der Waals surface area (Å²) in [7, 11) is -3.57. The minimum atomic E-state index is -3.57. The van der Waals surface area contributed by atoms with Gasteiger partial charge in [0, 0.05) is 31.5 Å². The van der Waals surface area contributed by atoms with E-state index in [4.69, 9.17) is 0 Å². The van der Waals surface area contributed by atoms with Gasteiger partial charge in [-0.05, 0) is 69.4 Å². The van der Waals surface area contributed by atoms with Crippen LogP contribution in [0, 0.1) is 13.8 Å². The summed E-state index contributed by atoms with van der Waals surface area (Å²) in [6.07, 6.45) is 1.95. The average molecular weight is 578 g/mol. The zero-order valence-electron chi connectivity index (χ0n) is 25.1. The lowest BCUT2D eigenvalue weighted by Gasteiger charge is -2.34. The number of aryl methyl sites for hydroxylation is 2. The number of benzene rings is 3. The first-order valence-corrected chi connectivity index (χ1v) is 15.8. The molecule has 0 aromatic heterocycles. The fraction of sp³-hybridized carbons (Fsp3) is 0.394. The van der Waals surface area contributed by atoms with E-state index in [0.29, 0.717) is 18.5 Å². The van der Waals surface area contributed by atoms with E-state index in [1.165, 1.54) is 10.6 Å². The molecule has 0 aliphatic heterocycles. The smallest absolute Gasteiger partial charge is 0.243 e. The Morgan fingerprint density at radius 1 is 0.878 bits per heavy atom. The van der Waals surface area contributed by atoms with Crippen LogP contribution in [0.25, 0.3) is 0 Å². The Morgan fingerprint density at radius 2 is 1.46 bits per heavy atom. The number of carbonyl (C=O) groups is 2. The van der Waals surface area contributed by atoms with Crippen LogP contribution in [0.3, 0.4) is 0 Å². The van der Waals surface area contributed by atoms with Crippen LogP contribution < -0.4 is 9.62 Å². The Balaban J connectivity index is 1.90. The Labute approximate surface area is 245 Å². The summed E-state index contributed by atoms with van der Waals surface area (Å²) >= 11 is 0. The molecule has 0 heterocycles. The SMILES string of the molecule is Cc1ccc(C)c(N(CCCC(=O)N(Cc2ccccc2)C(Cc2ccccc2)C(=O)NC(C)(C)C)S(C)(=O)=O)c1. The summed E-state index contributed by atoms with van der Waals surface area (Å²) in [6.45, 7) is 9.97. The monoisotopic (exact) mass is 577 g/mol. The molecule has 41 heavy (non-hydrogen) atoms. The second kappa shape index (κ2) is 13.8. The van der Waals surface area contributed by atoms with Gasteiger partial charge in [0.2, 0.25) is 21.8 Å². The predicted octanol–water partition coefficient (Wildman–Crippen LogP) is 5.40. The number of anilines is 1. The van der Waals surface area contributed by atoms with Crippen LogP contribution in [-0.2, 0) is 32.6 Å². The van der Waals surface area contributed by atoms with Crippen molar-refractivity contribution < 1.29 is 18.0 Å². The average Bonchev–Trinajstić information content (AvgIpc) is 2.89. The molecule has 8 heteroatoms. The normalized spacial score (nSPS) is 12.4. The van der Waals surface area contributed by atoms with Crippen molar-refractivity contribution in [2.75, 3.05) is 17.1 Å². The first-order valence-electron chi connectivity index (χ1n) is 14.0. The molecule has 0 spiro atoms. The Bertz CT molecular complexity index is 1420. The van der Waals surface area contributed by atoms with Crippen LogP contribution in [0.1, 0.15) is 55.9 Å². The molecule has 3 aromatic carbocycles. The van der Waals surface area contributed by atoms with Gasteiger partial charge in [-0.25, -0.2) is 8.42 Å². The van der Waals surface area contributed by atoms with E-state index in [1.54, 1.807) is 4.90 Å². The number of amides is 2. The highest BCUT2D eigenvalue weighted by atomic mass is 32.2. The molecule has 1 atom stereocenters. The van der Waals surface area contributed by atoms with E-state index in [9.17, 15) is 18.0 Å². The van der Waals surface area contributed by atoms with E-state index in [0.717, 1.165) is 22.3 Å². The fourth-order valence-corrected chi connectivity index (χ4v) is 5.77. The molecule has 0 aliphatic rings. The number of carbonyl (C=O) groups excluding carboxylic acids is 2. The lowest BCUT2D eigenvalue weighted by molar-refractivity contribution is -0.142. The molecule has 0 saturated heterocycles. The summed E-state index contributed by atoms with van der Waals surface area (Å²) in [4.78, 5) is 29.2. The molecule has 3 aromatic rings. The van der Waals surface area contributed by atoms with Gasteiger partial charge < -0.3 is 10.2 Å². The Kier molecular flexibility index (Phi) is 10.7. The van der Waals surface area contributed by atoms with E-state index >= 15 is 0 Å². The van der Waals surface area contributed by atoms with Gasteiger partial charge in [-0.15, -0.1) is 0 Å². The van der Waals surface area contributed by atoms with Crippen molar-refractivity contribution in [1.82, 2.24) is 10.2 Å². The third-order valence-corrected chi connectivity index (χ3v) is 7.93. The third-order valence-electron chi connectivity index (χ3n) is 6.75. The summed E-state index contributed by atoms with van der Waals surface area (Å²) < 4.78 is 26.9. The minimum absolute atomic E-state index is 0.0950. The van der Waals surface area contributed by atoms with Gasteiger partial charge in [0.25, 0.3) is 0 Å². The largest absolute Gasteiger partial charge is 0.350 e. The number of hydrogen-bond acceptors (Lipinski definition) is 4. The maximum Gasteiger partial charge on any atom is 0.243 e. The van der Waals surface area contributed by atoms with Crippen LogP contribution in [0.2, 0.25) is 0 Å². The number of nitrogens with one attached hydrogen (secondary N) is 1. The zero-order valence-corrected chi connectivity index (χ0v) is 25.9. The molecular weight excluding hydrogens is 534 g/mol. The highest BCUT2D eigenvalue weighted by Gasteiger charge is 2.32. The lowest BCUT2D eigenvalue weighted by Crippen LogP contribution is -2.54. The minimum Gasteiger partial charge on any atom is -0.350 e. The Hall–Kier alpha value is -3.65. The molecule has 3 rings (SSSR count). The molecule has 0 fully saturated rings. The maximum absolute atomic E-state index is 13.9. The van der Waals surface area contributed by atoms with Gasteiger partial charge in [0.05, 0.1) is 11.9 Å². The third kappa shape index (κ3) is 9.74. The van der Waals surface area contributed by atoms with Crippen molar-refractivity contribution in [2.45, 2.75) is 72.0 Å². The first-order chi connectivity index (χ1) is 19.2. The topological polar surface area (TPSA) is 86.8 Å². The van der Waals surface area contributed by atoms with Crippen molar-refractivity contribution in [1.29, 1.82) is 0 Å². The van der Waals surface area contributed by atoms with E-state index in [-0.39, 0.29) is 31.3 Å². The van der Waals surface area contributed by atoms with Crippen molar-refractivity contribution in [3.8, 4) is 0 Å². The highest BCUT2D eigenvalue weighted by molar-refractivity contribution is 7.92. The van der Waals surface area contributed by atoms with Gasteiger partial charge in [-0.1, -0.05) is 72.8 Å². The summed E-state index contributed by atoms with van der Waals surface area (Å²) in [5.74, 6) is -0.424. The van der Waals surface area contributed by atoms with Crippen molar-refractivity contribution >= 4 is 27.5 Å². The molecule has 0 saturated carbocycles. The number of rotatable bonds is 12. The van der Waals surface area contributed by atoms with Gasteiger partial charge >= 0.3 is 0 Å². The second-order valence-corrected chi connectivity index (χ2v) is 13.6. The molecule has 0 radical (unpaired) electrons. The summed E-state index contributed by atoms with van der Waals surface area (Å²) in [5.41, 5.74) is 3.81. The summed E-state index contributed by atoms with van der Waals surface area (Å²) in [6, 6.07) is 24.2. The van der Waals surface area contributed by atoms with Crippen molar-refractivity contribution in [2.24, 2.45) is 0 Å². The second-order valence-electron chi connectivity index (χ2n) is 11.7. The quantitative estimate of drug-likeness (QED) is 0.312. The Morgan fingerprint density at radius 3 is 2.02 bits per heavy atom. The van der Waals surface area contributed by atoms with Gasteiger partial charge in [0.1, 0.15) is 6.04 Å². The lowest BCUT2D eigenvalue weighted by atomic mass is 10.00. The van der Waals surface area contributed by atoms with E-state index in [2.05, 4.69) is 5.32 Å². The van der Waals surface area contributed by atoms with Crippen LogP contribution >= 0.6 is 0 Å². The van der Waals surface area contributed by atoms with E-state index < -0.39 is 21.6 Å². The van der Waals surface area contributed by atoms with Crippen molar-refractivity contribution in [3.05, 3.63) is 101 Å². The van der Waals surface area contributed by atoms with Crippen LogP contribution in [0.5, 0.6) is 0 Å². The van der Waals surface area contributed by atoms with Crippen LogP contribution in [0.4, 0.5) is 5.69 Å². The molecule has 7 nitrogen and oxygen atoms in total. The summed E-state index contributed by atoms with van der Waals surface area (Å²) in [5, 5.41) is 3.07. The molecule has 0 aliphatic carbocycles. The number of nitrogens with zero attached hydrogens (tertiary/aromatic N) is 2. The number of sulfonamides is 1. The first kappa shape index (κ1) is 31.9. The standard InChI is InChI=1S/C33H43N3O4S/c1-25-19-20-26(2)29(22-25)36(41(6,39)40)21-13-18-31(37)35(24-28-16-11-8-12-17-28)30(32(38)34-33(3,4)5)23-27-14-9-7-10-15-27/h7-12,14-17,19-20,22,30H,13,18,21,23-24H2,1-6H3,(H,34,38). The maximum atomic E-state index is 13.9. The molecule has 220 valence electrons. The van der Waals surface area contributed by atoms with Gasteiger partial charge in [0.15, 0.2) is 0 Å². The molecule has 1 N–H and O–H groups in total. The fourth-order valence-electron chi connectivity index (χ4n) is 4.76. The van der Waals surface area contributed by atoms with Gasteiger partial charge in [-0.2, -0.15) is 0 Å².